The maximum atomic E-state index is 12.2. The summed E-state index contributed by atoms with van der Waals surface area (Å²) < 4.78 is 0. The van der Waals surface area contributed by atoms with E-state index in [2.05, 4.69) is 20.2 Å². The lowest BCUT2D eigenvalue weighted by Crippen LogP contribution is -2.41. The Bertz CT molecular complexity index is 487. The lowest BCUT2D eigenvalue weighted by Gasteiger charge is -2.33. The molecule has 1 atom stereocenters. The number of carbonyl (C=O) groups excluding carboxylic acids is 1. The first-order valence-electron chi connectivity index (χ1n) is 7.54. The molecule has 0 spiro atoms. The topological polar surface area (TPSA) is 58.1 Å². The Balaban J connectivity index is 1.63. The molecule has 1 N–H and O–H groups in total. The maximum absolute atomic E-state index is 12.2. The van der Waals surface area contributed by atoms with E-state index in [0.717, 1.165) is 50.3 Å². The summed E-state index contributed by atoms with van der Waals surface area (Å²) >= 11 is 0. The van der Waals surface area contributed by atoms with Gasteiger partial charge in [0.05, 0.1) is 5.69 Å². The Morgan fingerprint density at radius 1 is 1.35 bits per heavy atom. The van der Waals surface area contributed by atoms with Crippen molar-refractivity contribution < 1.29 is 4.79 Å². The minimum absolute atomic E-state index is 0.332. The summed E-state index contributed by atoms with van der Waals surface area (Å²) in [6.07, 6.45) is 8.82. The third kappa shape index (κ3) is 2.92. The summed E-state index contributed by atoms with van der Waals surface area (Å²) in [7, 11) is 1.87. The summed E-state index contributed by atoms with van der Waals surface area (Å²) in [6.45, 7) is 1.82. The maximum Gasteiger partial charge on any atom is 0.225 e. The van der Waals surface area contributed by atoms with Crippen LogP contribution in [0.25, 0.3) is 0 Å². The number of rotatable bonds is 4. The van der Waals surface area contributed by atoms with E-state index in [4.69, 9.17) is 0 Å². The van der Waals surface area contributed by atoms with Gasteiger partial charge in [-0.2, -0.15) is 0 Å². The van der Waals surface area contributed by atoms with Crippen LogP contribution < -0.4 is 5.32 Å². The molecule has 108 valence electrons. The molecule has 5 heteroatoms. The average Bonchev–Trinajstić information content (AvgIpc) is 3.32. The number of hydrogen-bond donors (Lipinski definition) is 1. The van der Waals surface area contributed by atoms with E-state index in [1.165, 1.54) is 6.42 Å². The molecule has 20 heavy (non-hydrogen) atoms. The van der Waals surface area contributed by atoms with E-state index in [-0.39, 0.29) is 0 Å². The summed E-state index contributed by atoms with van der Waals surface area (Å²) in [5.74, 6) is 2.08. The molecule has 1 aromatic heterocycles. The van der Waals surface area contributed by atoms with Gasteiger partial charge in [0.25, 0.3) is 0 Å². The SMILES string of the molecule is CNc1nccnc1C[C@@H]1CCCN(C(=O)C2CC2)C1. The van der Waals surface area contributed by atoms with Crippen LogP contribution in [-0.4, -0.2) is 40.9 Å². The zero-order chi connectivity index (χ0) is 13.9. The van der Waals surface area contributed by atoms with E-state index in [1.807, 2.05) is 7.05 Å². The molecule has 1 aliphatic carbocycles. The van der Waals surface area contributed by atoms with Gasteiger partial charge in [-0.25, -0.2) is 4.98 Å². The van der Waals surface area contributed by atoms with Gasteiger partial charge in [-0.15, -0.1) is 0 Å². The van der Waals surface area contributed by atoms with Crippen LogP contribution in [0.15, 0.2) is 12.4 Å². The fraction of sp³-hybridized carbons (Fsp3) is 0.667. The Morgan fingerprint density at radius 3 is 2.90 bits per heavy atom. The number of hydrogen-bond acceptors (Lipinski definition) is 4. The first-order valence-corrected chi connectivity index (χ1v) is 7.54. The smallest absolute Gasteiger partial charge is 0.225 e. The Hall–Kier alpha value is -1.65. The summed E-state index contributed by atoms with van der Waals surface area (Å²) in [6, 6.07) is 0. The van der Waals surface area contributed by atoms with E-state index < -0.39 is 0 Å². The molecule has 0 bridgehead atoms. The van der Waals surface area contributed by atoms with Crippen LogP contribution >= 0.6 is 0 Å². The molecule has 2 fully saturated rings. The van der Waals surface area contributed by atoms with Gasteiger partial charge in [0.2, 0.25) is 5.91 Å². The van der Waals surface area contributed by atoms with E-state index in [9.17, 15) is 4.79 Å². The normalized spacial score (nSPS) is 22.6. The predicted octanol–water partition coefficient (Wildman–Crippen LogP) is 1.71. The van der Waals surface area contributed by atoms with Gasteiger partial charge in [0.1, 0.15) is 5.82 Å². The van der Waals surface area contributed by atoms with Gasteiger partial charge < -0.3 is 10.2 Å². The highest BCUT2D eigenvalue weighted by Gasteiger charge is 2.35. The van der Waals surface area contributed by atoms with Crippen molar-refractivity contribution in [3.05, 3.63) is 18.1 Å². The number of piperidine rings is 1. The summed E-state index contributed by atoms with van der Waals surface area (Å²) in [5.41, 5.74) is 1.01. The van der Waals surface area contributed by atoms with Gasteiger partial charge in [-0.3, -0.25) is 9.78 Å². The highest BCUT2D eigenvalue weighted by Crippen LogP contribution is 2.33. The number of nitrogens with one attached hydrogen (secondary N) is 1. The minimum Gasteiger partial charge on any atom is -0.372 e. The average molecular weight is 274 g/mol. The van der Waals surface area contributed by atoms with E-state index >= 15 is 0 Å². The monoisotopic (exact) mass is 274 g/mol. The Labute approximate surface area is 119 Å². The highest BCUT2D eigenvalue weighted by molar-refractivity contribution is 5.81. The van der Waals surface area contributed by atoms with Crippen LogP contribution in [0.4, 0.5) is 5.82 Å². The van der Waals surface area contributed by atoms with Gasteiger partial charge in [0.15, 0.2) is 0 Å². The number of nitrogens with zero attached hydrogens (tertiary/aromatic N) is 3. The molecule has 0 aromatic carbocycles. The van der Waals surface area contributed by atoms with Gasteiger partial charge in [-0.05, 0) is 38.0 Å². The zero-order valence-corrected chi connectivity index (χ0v) is 12.0. The number of aromatic nitrogens is 2. The predicted molar refractivity (Wildman–Crippen MR) is 77.3 cm³/mol. The van der Waals surface area contributed by atoms with Crippen LogP contribution in [0.3, 0.4) is 0 Å². The molecule has 5 nitrogen and oxygen atoms in total. The van der Waals surface area contributed by atoms with E-state index in [0.29, 0.717) is 17.7 Å². The van der Waals surface area contributed by atoms with Crippen LogP contribution in [0, 0.1) is 11.8 Å². The van der Waals surface area contributed by atoms with Crippen LogP contribution in [0.1, 0.15) is 31.4 Å². The molecule has 1 aromatic rings. The molecule has 2 heterocycles. The lowest BCUT2D eigenvalue weighted by molar-refractivity contribution is -0.134. The van der Waals surface area contributed by atoms with Gasteiger partial charge >= 0.3 is 0 Å². The molecule has 3 rings (SSSR count). The van der Waals surface area contributed by atoms with Crippen LogP contribution in [0.2, 0.25) is 0 Å². The fourth-order valence-corrected chi connectivity index (χ4v) is 3.02. The first-order chi connectivity index (χ1) is 9.78. The number of likely N-dealkylation sites (tertiary alicyclic amines) is 1. The molecule has 1 amide bonds. The fourth-order valence-electron chi connectivity index (χ4n) is 3.02. The number of amides is 1. The summed E-state index contributed by atoms with van der Waals surface area (Å²) in [4.78, 5) is 23.0. The third-order valence-corrected chi connectivity index (χ3v) is 4.25. The molecular formula is C15H22N4O. The minimum atomic E-state index is 0.332. The standard InChI is InChI=1S/C15H22N4O/c1-16-14-13(17-6-7-18-14)9-11-3-2-8-19(10-11)15(20)12-4-5-12/h6-7,11-12H,2-5,8-10H2,1H3,(H,16,18)/t11-/m0/s1. The summed E-state index contributed by atoms with van der Waals surface area (Å²) in [5, 5.41) is 3.09. The Kier molecular flexibility index (Phi) is 3.85. The molecule has 1 saturated carbocycles. The molecule has 1 aliphatic heterocycles. The van der Waals surface area contributed by atoms with Crippen molar-refractivity contribution >= 4 is 11.7 Å². The highest BCUT2D eigenvalue weighted by atomic mass is 16.2. The second-order valence-electron chi connectivity index (χ2n) is 5.87. The van der Waals surface area contributed by atoms with Crippen LogP contribution in [-0.2, 0) is 11.2 Å². The molecule has 0 radical (unpaired) electrons. The molecule has 1 saturated heterocycles. The Morgan fingerprint density at radius 2 is 2.15 bits per heavy atom. The lowest BCUT2D eigenvalue weighted by atomic mass is 9.93. The van der Waals surface area contributed by atoms with Crippen molar-refractivity contribution in [1.29, 1.82) is 0 Å². The van der Waals surface area contributed by atoms with Gasteiger partial charge in [0, 0.05) is 38.4 Å². The largest absolute Gasteiger partial charge is 0.372 e. The van der Waals surface area contributed by atoms with Crippen molar-refractivity contribution in [1.82, 2.24) is 14.9 Å². The van der Waals surface area contributed by atoms with Crippen molar-refractivity contribution in [3.63, 3.8) is 0 Å². The second kappa shape index (κ2) is 5.77. The van der Waals surface area contributed by atoms with Crippen LogP contribution in [0.5, 0.6) is 0 Å². The molecular weight excluding hydrogens is 252 g/mol. The van der Waals surface area contributed by atoms with Crippen molar-refractivity contribution in [2.45, 2.75) is 32.1 Å². The van der Waals surface area contributed by atoms with E-state index in [1.54, 1.807) is 12.4 Å². The quantitative estimate of drug-likeness (QED) is 0.908. The van der Waals surface area contributed by atoms with Gasteiger partial charge in [-0.1, -0.05) is 0 Å². The number of carbonyl (C=O) groups is 1. The van der Waals surface area contributed by atoms with Crippen molar-refractivity contribution in [2.75, 3.05) is 25.5 Å². The molecule has 0 unspecified atom stereocenters. The van der Waals surface area contributed by atoms with Crippen molar-refractivity contribution in [3.8, 4) is 0 Å². The zero-order valence-electron chi connectivity index (χ0n) is 12.0. The third-order valence-electron chi connectivity index (χ3n) is 4.25. The number of anilines is 1. The second-order valence-corrected chi connectivity index (χ2v) is 5.87. The van der Waals surface area contributed by atoms with Crippen molar-refractivity contribution in [2.24, 2.45) is 11.8 Å². The first kappa shape index (κ1) is 13.3. The molecule has 2 aliphatic rings.